The van der Waals surface area contributed by atoms with Crippen molar-refractivity contribution in [3.8, 4) is 5.75 Å². The topological polar surface area (TPSA) is 74.1 Å². The number of ketones is 1. The SMILES string of the molecule is CC[NH+](CC)CCCN1C(=O)C(=O)C(=C([O-])c2ccc(OC)c(Cl)c2)C1c1ccccc1. The largest absolute Gasteiger partial charge is 0.872 e. The van der Waals surface area contributed by atoms with Crippen molar-refractivity contribution in [1.29, 1.82) is 0 Å². The van der Waals surface area contributed by atoms with Crippen molar-refractivity contribution in [2.75, 3.05) is 33.3 Å². The first kappa shape index (κ1) is 23.8. The molecule has 0 radical (unpaired) electrons. The second-order valence-corrected chi connectivity index (χ2v) is 8.20. The molecule has 1 aliphatic heterocycles. The van der Waals surface area contributed by atoms with Crippen molar-refractivity contribution >= 4 is 29.1 Å². The number of methoxy groups -OCH3 is 1. The van der Waals surface area contributed by atoms with Gasteiger partial charge in [0.05, 0.1) is 37.8 Å². The van der Waals surface area contributed by atoms with E-state index in [2.05, 4.69) is 13.8 Å². The lowest BCUT2D eigenvalue weighted by atomic mass is 9.95. The number of carbonyl (C=O) groups excluding carboxylic acids is 2. The number of amides is 1. The third-order valence-electron chi connectivity index (χ3n) is 5.99. The molecule has 1 amide bonds. The summed E-state index contributed by atoms with van der Waals surface area (Å²) in [6, 6.07) is 13.1. The first-order chi connectivity index (χ1) is 15.4. The third-order valence-corrected chi connectivity index (χ3v) is 6.28. The number of benzene rings is 2. The molecule has 6 nitrogen and oxygen atoms in total. The van der Waals surface area contributed by atoms with Crippen LogP contribution in [0.4, 0.5) is 0 Å². The molecule has 1 N–H and O–H groups in total. The number of quaternary nitrogens is 1. The number of nitrogens with zero attached hydrogens (tertiary/aromatic N) is 1. The number of hydrogen-bond donors (Lipinski definition) is 1. The van der Waals surface area contributed by atoms with Crippen molar-refractivity contribution in [2.45, 2.75) is 26.3 Å². The number of nitrogens with one attached hydrogen (secondary N) is 1. The van der Waals surface area contributed by atoms with Crippen LogP contribution in [0.2, 0.25) is 5.02 Å². The van der Waals surface area contributed by atoms with E-state index < -0.39 is 23.5 Å². The third kappa shape index (κ3) is 4.81. The molecule has 1 saturated heterocycles. The Hall–Kier alpha value is -2.83. The molecule has 0 saturated carbocycles. The smallest absolute Gasteiger partial charge is 0.295 e. The van der Waals surface area contributed by atoms with Gasteiger partial charge in [-0.3, -0.25) is 9.59 Å². The van der Waals surface area contributed by atoms with E-state index in [4.69, 9.17) is 16.3 Å². The van der Waals surface area contributed by atoms with Crippen LogP contribution < -0.4 is 14.7 Å². The van der Waals surface area contributed by atoms with Gasteiger partial charge in [-0.1, -0.05) is 53.8 Å². The van der Waals surface area contributed by atoms with Crippen LogP contribution in [0.5, 0.6) is 5.75 Å². The zero-order valence-corrected chi connectivity index (χ0v) is 19.4. The number of hydrogen-bond acceptors (Lipinski definition) is 4. The van der Waals surface area contributed by atoms with Crippen LogP contribution in [0, 0.1) is 0 Å². The second-order valence-electron chi connectivity index (χ2n) is 7.79. The lowest BCUT2D eigenvalue weighted by Crippen LogP contribution is -3.11. The standard InChI is InChI=1S/C25H29ClN2O4/c1-4-27(5-2)14-9-15-28-22(17-10-7-6-8-11-17)21(24(30)25(28)31)23(29)18-12-13-20(32-3)19(26)16-18/h6-8,10-13,16,22,29H,4-5,9,14-15H2,1-3H3. The highest BCUT2D eigenvalue weighted by molar-refractivity contribution is 6.46. The molecule has 0 bridgehead atoms. The van der Waals surface area contributed by atoms with E-state index in [1.54, 1.807) is 17.0 Å². The van der Waals surface area contributed by atoms with E-state index in [9.17, 15) is 14.7 Å². The summed E-state index contributed by atoms with van der Waals surface area (Å²) in [4.78, 5) is 29.0. The van der Waals surface area contributed by atoms with Crippen molar-refractivity contribution in [3.05, 3.63) is 70.3 Å². The fourth-order valence-electron chi connectivity index (χ4n) is 4.15. The summed E-state index contributed by atoms with van der Waals surface area (Å²) in [5, 5.41) is 13.7. The van der Waals surface area contributed by atoms with E-state index in [1.165, 1.54) is 18.1 Å². The number of Topliss-reactive ketones (excluding diaryl/α,β-unsaturated/α-hetero) is 1. The van der Waals surface area contributed by atoms with Crippen LogP contribution in [0.1, 0.15) is 37.4 Å². The van der Waals surface area contributed by atoms with Crippen LogP contribution in [0.15, 0.2) is 54.1 Å². The number of rotatable bonds is 9. The van der Waals surface area contributed by atoms with Crippen molar-refractivity contribution in [3.63, 3.8) is 0 Å². The molecule has 1 aliphatic rings. The van der Waals surface area contributed by atoms with Gasteiger partial charge in [-0.15, -0.1) is 0 Å². The Labute approximate surface area is 194 Å². The Morgan fingerprint density at radius 1 is 1.12 bits per heavy atom. The Bertz CT molecular complexity index is 1000. The fourth-order valence-corrected chi connectivity index (χ4v) is 4.41. The molecule has 0 spiro atoms. The molecule has 2 aromatic carbocycles. The van der Waals surface area contributed by atoms with Crippen LogP contribution in [-0.4, -0.2) is 49.9 Å². The molecular formula is C25H29ClN2O4. The van der Waals surface area contributed by atoms with Gasteiger partial charge >= 0.3 is 0 Å². The molecule has 32 heavy (non-hydrogen) atoms. The summed E-state index contributed by atoms with van der Waals surface area (Å²) in [5.74, 6) is -1.43. The van der Waals surface area contributed by atoms with Gasteiger partial charge < -0.3 is 19.6 Å². The van der Waals surface area contributed by atoms with Gasteiger partial charge in [-0.25, -0.2) is 0 Å². The summed E-state index contributed by atoms with van der Waals surface area (Å²) in [7, 11) is 1.49. The molecule has 3 rings (SSSR count). The average molecular weight is 457 g/mol. The minimum atomic E-state index is -0.744. The van der Waals surface area contributed by atoms with Crippen molar-refractivity contribution in [1.82, 2.24) is 4.90 Å². The van der Waals surface area contributed by atoms with Gasteiger partial charge in [0, 0.05) is 18.5 Å². The minimum Gasteiger partial charge on any atom is -0.872 e. The number of carbonyl (C=O) groups is 2. The lowest BCUT2D eigenvalue weighted by Gasteiger charge is -2.28. The summed E-state index contributed by atoms with van der Waals surface area (Å²) in [5.41, 5.74) is 0.963. The minimum absolute atomic E-state index is 0.0300. The number of halogens is 1. The number of ether oxygens (including phenoxy) is 1. The summed E-state index contributed by atoms with van der Waals surface area (Å²) >= 11 is 6.20. The predicted octanol–water partition coefficient (Wildman–Crippen LogP) is 1.89. The molecule has 1 unspecified atom stereocenters. The highest BCUT2D eigenvalue weighted by atomic mass is 35.5. The molecule has 1 fully saturated rings. The Morgan fingerprint density at radius 3 is 2.41 bits per heavy atom. The van der Waals surface area contributed by atoms with E-state index in [-0.39, 0.29) is 16.2 Å². The molecule has 170 valence electrons. The zero-order valence-electron chi connectivity index (χ0n) is 18.7. The van der Waals surface area contributed by atoms with Gasteiger partial charge in [-0.05, 0) is 37.1 Å². The van der Waals surface area contributed by atoms with Gasteiger partial charge in [0.25, 0.3) is 5.91 Å². The van der Waals surface area contributed by atoms with Crippen molar-refractivity contribution in [2.24, 2.45) is 0 Å². The fraction of sp³-hybridized carbons (Fsp3) is 0.360. The maximum atomic E-state index is 13.4. The van der Waals surface area contributed by atoms with Crippen LogP contribution in [-0.2, 0) is 9.59 Å². The summed E-state index contributed by atoms with van der Waals surface area (Å²) < 4.78 is 5.15. The Morgan fingerprint density at radius 2 is 1.81 bits per heavy atom. The molecule has 1 atom stereocenters. The molecule has 0 aliphatic carbocycles. The Kier molecular flexibility index (Phi) is 7.94. The zero-order chi connectivity index (χ0) is 23.3. The van der Waals surface area contributed by atoms with E-state index in [1.807, 2.05) is 30.3 Å². The predicted molar refractivity (Wildman–Crippen MR) is 122 cm³/mol. The van der Waals surface area contributed by atoms with E-state index in [0.29, 0.717) is 12.3 Å². The van der Waals surface area contributed by atoms with Crippen LogP contribution in [0.3, 0.4) is 0 Å². The second kappa shape index (κ2) is 10.7. The summed E-state index contributed by atoms with van der Waals surface area (Å²) in [6.45, 7) is 7.55. The quantitative estimate of drug-likeness (QED) is 0.355. The monoisotopic (exact) mass is 456 g/mol. The maximum Gasteiger partial charge on any atom is 0.295 e. The summed E-state index contributed by atoms with van der Waals surface area (Å²) in [6.07, 6.45) is 0.745. The maximum absolute atomic E-state index is 13.4. The molecule has 0 aromatic heterocycles. The number of likely N-dealkylation sites (tertiary alicyclic amines) is 1. The normalized spacial score (nSPS) is 17.9. The average Bonchev–Trinajstić information content (AvgIpc) is 3.06. The highest BCUT2D eigenvalue weighted by Gasteiger charge is 2.43. The van der Waals surface area contributed by atoms with Crippen molar-refractivity contribution < 1.29 is 24.3 Å². The lowest BCUT2D eigenvalue weighted by molar-refractivity contribution is -0.896. The molecule has 1 heterocycles. The highest BCUT2D eigenvalue weighted by Crippen LogP contribution is 2.39. The van der Waals surface area contributed by atoms with E-state index >= 15 is 0 Å². The van der Waals surface area contributed by atoms with Crippen LogP contribution >= 0.6 is 11.6 Å². The van der Waals surface area contributed by atoms with E-state index in [0.717, 1.165) is 31.6 Å². The van der Waals surface area contributed by atoms with Gasteiger partial charge in [0.2, 0.25) is 5.78 Å². The Balaban J connectivity index is 2.02. The first-order valence-electron chi connectivity index (χ1n) is 10.9. The van der Waals surface area contributed by atoms with Gasteiger partial charge in [0.1, 0.15) is 5.75 Å². The van der Waals surface area contributed by atoms with Gasteiger partial charge in [0.15, 0.2) is 0 Å². The molecule has 7 heteroatoms. The van der Waals surface area contributed by atoms with Gasteiger partial charge in [-0.2, -0.15) is 0 Å². The molecule has 2 aromatic rings. The van der Waals surface area contributed by atoms with Crippen LogP contribution in [0.25, 0.3) is 5.76 Å². The first-order valence-corrected chi connectivity index (χ1v) is 11.3. The molecular weight excluding hydrogens is 428 g/mol.